The fourth-order valence-electron chi connectivity index (χ4n) is 1.91. The van der Waals surface area contributed by atoms with Crippen molar-refractivity contribution in [3.8, 4) is 6.07 Å². The van der Waals surface area contributed by atoms with Gasteiger partial charge in [0.1, 0.15) is 0 Å². The van der Waals surface area contributed by atoms with Crippen molar-refractivity contribution in [3.05, 3.63) is 53.6 Å². The molecule has 0 aromatic heterocycles. The zero-order valence-electron chi connectivity index (χ0n) is 10.4. The summed E-state index contributed by atoms with van der Waals surface area (Å²) in [4.78, 5) is 2.00. The van der Waals surface area contributed by atoms with Gasteiger partial charge < -0.3 is 10.6 Å². The van der Waals surface area contributed by atoms with Crippen LogP contribution < -0.4 is 10.6 Å². The average Bonchev–Trinajstić information content (AvgIpc) is 2.44. The molecule has 2 N–H and O–H groups in total. The summed E-state index contributed by atoms with van der Waals surface area (Å²) in [5, 5.41) is 9.43. The molecular formula is C15H14ClN3. The summed E-state index contributed by atoms with van der Waals surface area (Å²) in [7, 11) is 0. The SMILES string of the molecule is N#CCCN(c1ccccc1)c1cc(Cl)ccc1N. The Labute approximate surface area is 117 Å². The summed E-state index contributed by atoms with van der Waals surface area (Å²) in [5.74, 6) is 0. The lowest BCUT2D eigenvalue weighted by Crippen LogP contribution is -2.19. The first-order chi connectivity index (χ1) is 9.22. The van der Waals surface area contributed by atoms with Crippen molar-refractivity contribution in [2.45, 2.75) is 6.42 Å². The van der Waals surface area contributed by atoms with E-state index in [1.54, 1.807) is 12.1 Å². The van der Waals surface area contributed by atoms with Gasteiger partial charge in [0.2, 0.25) is 0 Å². The summed E-state index contributed by atoms with van der Waals surface area (Å²) in [6.07, 6.45) is 0.418. The monoisotopic (exact) mass is 271 g/mol. The van der Waals surface area contributed by atoms with Crippen molar-refractivity contribution in [1.82, 2.24) is 0 Å². The highest BCUT2D eigenvalue weighted by Gasteiger charge is 2.12. The average molecular weight is 272 g/mol. The van der Waals surface area contributed by atoms with E-state index in [1.807, 2.05) is 41.3 Å². The zero-order chi connectivity index (χ0) is 13.7. The molecule has 0 bridgehead atoms. The van der Waals surface area contributed by atoms with Gasteiger partial charge in [-0.25, -0.2) is 0 Å². The van der Waals surface area contributed by atoms with Gasteiger partial charge in [-0.1, -0.05) is 29.8 Å². The molecule has 0 saturated heterocycles. The van der Waals surface area contributed by atoms with Gasteiger partial charge in [0.25, 0.3) is 0 Å². The molecule has 0 saturated carbocycles. The van der Waals surface area contributed by atoms with E-state index in [-0.39, 0.29) is 0 Å². The highest BCUT2D eigenvalue weighted by Crippen LogP contribution is 2.32. The van der Waals surface area contributed by atoms with E-state index >= 15 is 0 Å². The Kier molecular flexibility index (Phi) is 4.27. The third-order valence-electron chi connectivity index (χ3n) is 2.80. The van der Waals surface area contributed by atoms with Crippen LogP contribution in [-0.4, -0.2) is 6.54 Å². The van der Waals surface area contributed by atoms with E-state index in [4.69, 9.17) is 22.6 Å². The van der Waals surface area contributed by atoms with Crippen molar-refractivity contribution in [3.63, 3.8) is 0 Å². The smallest absolute Gasteiger partial charge is 0.0659 e. The van der Waals surface area contributed by atoms with Crippen molar-refractivity contribution < 1.29 is 0 Å². The first-order valence-electron chi connectivity index (χ1n) is 5.97. The first kappa shape index (κ1) is 13.3. The van der Waals surface area contributed by atoms with Crippen LogP contribution in [0.15, 0.2) is 48.5 Å². The second kappa shape index (κ2) is 6.12. The van der Waals surface area contributed by atoms with Gasteiger partial charge in [-0.2, -0.15) is 5.26 Å². The lowest BCUT2D eigenvalue weighted by molar-refractivity contribution is 0.949. The molecule has 4 heteroatoms. The molecule has 0 aliphatic carbocycles. The number of nitrogen functional groups attached to an aromatic ring is 1. The summed E-state index contributed by atoms with van der Waals surface area (Å²) in [5.41, 5.74) is 8.48. The predicted molar refractivity (Wildman–Crippen MR) is 79.5 cm³/mol. The number of para-hydroxylation sites is 1. The maximum atomic E-state index is 8.80. The molecule has 0 aliphatic rings. The molecular weight excluding hydrogens is 258 g/mol. The standard InChI is InChI=1S/C15H14ClN3/c16-12-7-8-14(18)15(11-12)19(10-4-9-17)13-5-2-1-3-6-13/h1-3,5-8,11H,4,10,18H2. The highest BCUT2D eigenvalue weighted by atomic mass is 35.5. The lowest BCUT2D eigenvalue weighted by Gasteiger charge is -2.25. The van der Waals surface area contributed by atoms with Crippen LogP contribution in [-0.2, 0) is 0 Å². The summed E-state index contributed by atoms with van der Waals surface area (Å²) < 4.78 is 0. The van der Waals surface area contributed by atoms with Crippen LogP contribution in [0.3, 0.4) is 0 Å². The predicted octanol–water partition coefficient (Wildman–Crippen LogP) is 3.97. The second-order valence-corrected chi connectivity index (χ2v) is 4.53. The van der Waals surface area contributed by atoms with E-state index in [9.17, 15) is 0 Å². The van der Waals surface area contributed by atoms with Crippen molar-refractivity contribution in [1.29, 1.82) is 5.26 Å². The van der Waals surface area contributed by atoms with Crippen LogP contribution in [0.4, 0.5) is 17.1 Å². The number of anilines is 3. The number of nitriles is 1. The van der Waals surface area contributed by atoms with E-state index in [1.165, 1.54) is 0 Å². The van der Waals surface area contributed by atoms with Crippen LogP contribution in [0.25, 0.3) is 0 Å². The molecule has 0 heterocycles. The fraction of sp³-hybridized carbons (Fsp3) is 0.133. The van der Waals surface area contributed by atoms with Crippen molar-refractivity contribution in [2.75, 3.05) is 17.2 Å². The third-order valence-corrected chi connectivity index (χ3v) is 3.03. The van der Waals surface area contributed by atoms with Gasteiger partial charge in [0, 0.05) is 17.3 Å². The molecule has 0 spiro atoms. The summed E-state index contributed by atoms with van der Waals surface area (Å²) in [6, 6.07) is 17.3. The molecule has 3 nitrogen and oxygen atoms in total. The van der Waals surface area contributed by atoms with Gasteiger partial charge in [-0.05, 0) is 30.3 Å². The van der Waals surface area contributed by atoms with Gasteiger partial charge in [0.05, 0.1) is 23.9 Å². The molecule has 0 fully saturated rings. The number of hydrogen-bond donors (Lipinski definition) is 1. The Morgan fingerprint density at radius 2 is 1.89 bits per heavy atom. The molecule has 2 aromatic rings. The van der Waals surface area contributed by atoms with Gasteiger partial charge >= 0.3 is 0 Å². The van der Waals surface area contributed by atoms with Crippen LogP contribution in [0.1, 0.15) is 6.42 Å². The van der Waals surface area contributed by atoms with Crippen molar-refractivity contribution >= 4 is 28.7 Å². The zero-order valence-corrected chi connectivity index (χ0v) is 11.1. The number of rotatable bonds is 4. The van der Waals surface area contributed by atoms with Gasteiger partial charge in [-0.3, -0.25) is 0 Å². The molecule has 0 unspecified atom stereocenters. The largest absolute Gasteiger partial charge is 0.397 e. The summed E-state index contributed by atoms with van der Waals surface area (Å²) in [6.45, 7) is 0.574. The normalized spacial score (nSPS) is 9.89. The van der Waals surface area contributed by atoms with E-state index in [2.05, 4.69) is 6.07 Å². The first-order valence-corrected chi connectivity index (χ1v) is 6.34. The van der Waals surface area contributed by atoms with E-state index < -0.39 is 0 Å². The maximum Gasteiger partial charge on any atom is 0.0659 e. The quantitative estimate of drug-likeness (QED) is 0.856. The molecule has 0 radical (unpaired) electrons. The minimum absolute atomic E-state index is 0.418. The minimum atomic E-state index is 0.418. The Morgan fingerprint density at radius 3 is 2.58 bits per heavy atom. The van der Waals surface area contributed by atoms with Crippen LogP contribution in [0.5, 0.6) is 0 Å². The molecule has 0 atom stereocenters. The van der Waals surface area contributed by atoms with Crippen LogP contribution >= 0.6 is 11.6 Å². The molecule has 96 valence electrons. The molecule has 19 heavy (non-hydrogen) atoms. The molecule has 2 aromatic carbocycles. The number of nitrogens with two attached hydrogens (primary N) is 1. The highest BCUT2D eigenvalue weighted by molar-refractivity contribution is 6.31. The van der Waals surface area contributed by atoms with E-state index in [0.717, 1.165) is 11.4 Å². The van der Waals surface area contributed by atoms with E-state index in [0.29, 0.717) is 23.7 Å². The Balaban J connectivity index is 2.43. The summed E-state index contributed by atoms with van der Waals surface area (Å²) >= 11 is 6.04. The van der Waals surface area contributed by atoms with Gasteiger partial charge in [0.15, 0.2) is 0 Å². The Hall–Kier alpha value is -2.18. The fourth-order valence-corrected chi connectivity index (χ4v) is 2.08. The Bertz CT molecular complexity index is 590. The number of nitrogens with zero attached hydrogens (tertiary/aromatic N) is 2. The number of benzene rings is 2. The van der Waals surface area contributed by atoms with Crippen LogP contribution in [0.2, 0.25) is 5.02 Å². The molecule has 0 amide bonds. The maximum absolute atomic E-state index is 8.80. The second-order valence-electron chi connectivity index (χ2n) is 4.10. The Morgan fingerprint density at radius 1 is 1.16 bits per heavy atom. The van der Waals surface area contributed by atoms with Crippen molar-refractivity contribution in [2.24, 2.45) is 0 Å². The van der Waals surface area contributed by atoms with Gasteiger partial charge in [-0.15, -0.1) is 0 Å². The molecule has 2 rings (SSSR count). The third kappa shape index (κ3) is 3.18. The lowest BCUT2D eigenvalue weighted by atomic mass is 10.2. The number of halogens is 1. The number of hydrogen-bond acceptors (Lipinski definition) is 3. The molecule has 0 aliphatic heterocycles. The van der Waals surface area contributed by atoms with Crippen LogP contribution in [0, 0.1) is 11.3 Å². The topological polar surface area (TPSA) is 53.0 Å². The minimum Gasteiger partial charge on any atom is -0.397 e.